The molecule has 5 nitrogen and oxygen atoms in total. The molecule has 0 radical (unpaired) electrons. The fraction of sp³-hybridized carbons (Fsp3) is 0.250. The Hall–Kier alpha value is -1.47. The van der Waals surface area contributed by atoms with Crippen molar-refractivity contribution in [1.29, 1.82) is 0 Å². The number of nitrogen functional groups attached to an aromatic ring is 1. The van der Waals surface area contributed by atoms with Gasteiger partial charge in [-0.2, -0.15) is 4.98 Å². The van der Waals surface area contributed by atoms with Crippen LogP contribution in [-0.2, 0) is 6.54 Å². The molecule has 0 saturated carbocycles. The van der Waals surface area contributed by atoms with Gasteiger partial charge >= 0.3 is 0 Å². The van der Waals surface area contributed by atoms with Gasteiger partial charge in [0.2, 0.25) is 11.1 Å². The number of rotatable bonds is 2. The van der Waals surface area contributed by atoms with Gasteiger partial charge in [0, 0.05) is 16.6 Å². The molecule has 98 valence electrons. The smallest absolute Gasteiger partial charge is 0.240 e. The number of carbonyl (C=O) groups is 1. The van der Waals surface area contributed by atoms with Crippen LogP contribution in [0.3, 0.4) is 0 Å². The number of benzene rings is 1. The molecular formula is C12H12N4OS2. The number of nitrogens with zero attached hydrogens (tertiary/aromatic N) is 3. The number of carbonyl (C=O) groups excluding carboxylic acids is 1. The lowest BCUT2D eigenvalue weighted by molar-refractivity contribution is 0.108. The fourth-order valence-electron chi connectivity index (χ4n) is 1.85. The van der Waals surface area contributed by atoms with E-state index in [-0.39, 0.29) is 10.4 Å². The predicted molar refractivity (Wildman–Crippen MR) is 77.3 cm³/mol. The average molecular weight is 292 g/mol. The van der Waals surface area contributed by atoms with Gasteiger partial charge in [-0.1, -0.05) is 53.9 Å². The highest BCUT2D eigenvalue weighted by molar-refractivity contribution is 8.15. The van der Waals surface area contributed by atoms with Gasteiger partial charge in [0.25, 0.3) is 0 Å². The summed E-state index contributed by atoms with van der Waals surface area (Å²) >= 11 is 2.95. The summed E-state index contributed by atoms with van der Waals surface area (Å²) in [5.41, 5.74) is 6.30. The first-order chi connectivity index (χ1) is 9.22. The standard InChI is InChI=1S/C12H12N4OS2/c13-11-14-12-16(15-11)6-9(7-18-12)19-10(17)8-4-2-1-3-5-8/h1-5,9H,6-7H2,(H2,13,15)/t9-/m0/s1. The minimum absolute atomic E-state index is 0.0998. The Morgan fingerprint density at radius 1 is 1.42 bits per heavy atom. The molecule has 7 heteroatoms. The highest BCUT2D eigenvalue weighted by Crippen LogP contribution is 2.30. The lowest BCUT2D eigenvalue weighted by Gasteiger charge is -2.20. The Balaban J connectivity index is 1.68. The molecule has 0 amide bonds. The zero-order chi connectivity index (χ0) is 13.2. The van der Waals surface area contributed by atoms with Crippen LogP contribution in [0.5, 0.6) is 0 Å². The third-order valence-electron chi connectivity index (χ3n) is 2.71. The molecule has 1 atom stereocenters. The largest absolute Gasteiger partial charge is 0.366 e. The van der Waals surface area contributed by atoms with Crippen molar-refractivity contribution in [3.63, 3.8) is 0 Å². The van der Waals surface area contributed by atoms with Gasteiger partial charge in [0.05, 0.1) is 6.54 Å². The van der Waals surface area contributed by atoms with Crippen LogP contribution in [0.4, 0.5) is 5.95 Å². The molecule has 2 N–H and O–H groups in total. The normalized spacial score (nSPS) is 18.0. The highest BCUT2D eigenvalue weighted by Gasteiger charge is 2.24. The first-order valence-corrected chi connectivity index (χ1v) is 7.68. The molecule has 1 aromatic heterocycles. The third kappa shape index (κ3) is 2.76. The zero-order valence-electron chi connectivity index (χ0n) is 10.0. The summed E-state index contributed by atoms with van der Waals surface area (Å²) < 4.78 is 1.78. The molecule has 1 aliphatic rings. The number of anilines is 1. The van der Waals surface area contributed by atoms with Crippen molar-refractivity contribution in [3.8, 4) is 0 Å². The maximum absolute atomic E-state index is 12.1. The van der Waals surface area contributed by atoms with E-state index in [1.54, 1.807) is 16.4 Å². The molecule has 1 aromatic carbocycles. The molecule has 0 bridgehead atoms. The zero-order valence-corrected chi connectivity index (χ0v) is 11.7. The lowest BCUT2D eigenvalue weighted by Crippen LogP contribution is -2.23. The van der Waals surface area contributed by atoms with E-state index < -0.39 is 0 Å². The summed E-state index contributed by atoms with van der Waals surface area (Å²) in [6.07, 6.45) is 0. The third-order valence-corrected chi connectivity index (χ3v) is 5.15. The first kappa shape index (κ1) is 12.6. The maximum Gasteiger partial charge on any atom is 0.240 e. The molecule has 0 aliphatic carbocycles. The maximum atomic E-state index is 12.1. The quantitative estimate of drug-likeness (QED) is 0.911. The second-order valence-electron chi connectivity index (χ2n) is 4.14. The highest BCUT2D eigenvalue weighted by atomic mass is 32.2. The average Bonchev–Trinajstić information content (AvgIpc) is 2.79. The molecule has 0 saturated heterocycles. The summed E-state index contributed by atoms with van der Waals surface area (Å²) in [7, 11) is 0. The number of hydrogen-bond acceptors (Lipinski definition) is 6. The molecule has 19 heavy (non-hydrogen) atoms. The molecule has 2 aromatic rings. The van der Waals surface area contributed by atoms with E-state index in [4.69, 9.17) is 5.73 Å². The van der Waals surface area contributed by atoms with E-state index >= 15 is 0 Å². The van der Waals surface area contributed by atoms with E-state index in [0.717, 1.165) is 16.5 Å². The Labute approximate surface area is 119 Å². The number of fused-ring (bicyclic) bond motifs is 1. The Morgan fingerprint density at radius 3 is 3.00 bits per heavy atom. The van der Waals surface area contributed by atoms with Crippen LogP contribution in [0, 0.1) is 0 Å². The van der Waals surface area contributed by atoms with Crippen molar-refractivity contribution in [2.45, 2.75) is 17.0 Å². The van der Waals surface area contributed by atoms with Crippen molar-refractivity contribution in [2.24, 2.45) is 0 Å². The van der Waals surface area contributed by atoms with E-state index in [1.165, 1.54) is 11.8 Å². The topological polar surface area (TPSA) is 73.8 Å². The SMILES string of the molecule is Nc1nc2n(n1)C[C@H](SC(=O)c1ccccc1)CS2. The molecule has 0 fully saturated rings. The van der Waals surface area contributed by atoms with E-state index in [2.05, 4.69) is 10.1 Å². The second-order valence-corrected chi connectivity index (χ2v) is 6.40. The van der Waals surface area contributed by atoms with Gasteiger partial charge in [-0.3, -0.25) is 4.79 Å². The Morgan fingerprint density at radius 2 is 2.21 bits per heavy atom. The van der Waals surface area contributed by atoms with Crippen LogP contribution in [0.15, 0.2) is 35.5 Å². The van der Waals surface area contributed by atoms with Gasteiger partial charge in [0.1, 0.15) is 0 Å². The van der Waals surface area contributed by atoms with Gasteiger partial charge in [-0.15, -0.1) is 5.10 Å². The molecule has 3 rings (SSSR count). The van der Waals surface area contributed by atoms with Crippen molar-refractivity contribution in [1.82, 2.24) is 14.8 Å². The number of aromatic nitrogens is 3. The Bertz CT molecular complexity index is 599. The van der Waals surface area contributed by atoms with Crippen LogP contribution in [0.2, 0.25) is 0 Å². The predicted octanol–water partition coefficient (Wildman–Crippen LogP) is 1.91. The van der Waals surface area contributed by atoms with Crippen LogP contribution in [0.25, 0.3) is 0 Å². The van der Waals surface area contributed by atoms with E-state index in [1.807, 2.05) is 30.3 Å². The first-order valence-electron chi connectivity index (χ1n) is 5.81. The van der Waals surface area contributed by atoms with Crippen molar-refractivity contribution < 1.29 is 4.79 Å². The monoisotopic (exact) mass is 292 g/mol. The summed E-state index contributed by atoms with van der Waals surface area (Å²) in [5.74, 6) is 1.14. The molecule has 1 aliphatic heterocycles. The van der Waals surface area contributed by atoms with Gasteiger partial charge in [0.15, 0.2) is 5.16 Å². The van der Waals surface area contributed by atoms with Crippen LogP contribution >= 0.6 is 23.5 Å². The van der Waals surface area contributed by atoms with E-state index in [0.29, 0.717) is 12.5 Å². The van der Waals surface area contributed by atoms with Crippen LogP contribution < -0.4 is 5.73 Å². The fourth-order valence-corrected chi connectivity index (χ4v) is 3.98. The second kappa shape index (κ2) is 5.26. The minimum atomic E-state index is 0.0998. The number of nitrogens with two attached hydrogens (primary N) is 1. The molecular weight excluding hydrogens is 280 g/mol. The van der Waals surface area contributed by atoms with Gasteiger partial charge in [-0.25, -0.2) is 4.68 Å². The van der Waals surface area contributed by atoms with Crippen molar-refractivity contribution in [3.05, 3.63) is 35.9 Å². The number of hydrogen-bond donors (Lipinski definition) is 1. The summed E-state index contributed by atoms with van der Waals surface area (Å²) in [5, 5.41) is 5.25. The minimum Gasteiger partial charge on any atom is -0.366 e. The van der Waals surface area contributed by atoms with Crippen LogP contribution in [0.1, 0.15) is 10.4 Å². The van der Waals surface area contributed by atoms with E-state index in [9.17, 15) is 4.79 Å². The summed E-state index contributed by atoms with van der Waals surface area (Å²) in [4.78, 5) is 16.2. The Kier molecular flexibility index (Phi) is 3.48. The molecule has 2 heterocycles. The van der Waals surface area contributed by atoms with Gasteiger partial charge in [-0.05, 0) is 0 Å². The van der Waals surface area contributed by atoms with Gasteiger partial charge < -0.3 is 5.73 Å². The number of thioether (sulfide) groups is 2. The lowest BCUT2D eigenvalue weighted by atomic mass is 10.2. The molecule has 0 unspecified atom stereocenters. The summed E-state index contributed by atoms with van der Waals surface area (Å²) in [6.45, 7) is 0.676. The van der Waals surface area contributed by atoms with Crippen molar-refractivity contribution >= 4 is 34.6 Å². The summed E-state index contributed by atoms with van der Waals surface area (Å²) in [6, 6.07) is 9.33. The molecule has 0 spiro atoms. The van der Waals surface area contributed by atoms with Crippen LogP contribution in [-0.4, -0.2) is 30.9 Å². The van der Waals surface area contributed by atoms with Crippen molar-refractivity contribution in [2.75, 3.05) is 11.5 Å².